The van der Waals surface area contributed by atoms with Gasteiger partial charge in [-0.15, -0.1) is 0 Å². The molecule has 0 N–H and O–H groups in total. The van der Waals surface area contributed by atoms with Gasteiger partial charge in [0.05, 0.1) is 16.2 Å². The Bertz CT molecular complexity index is 774. The number of aromatic nitrogens is 1. The highest BCUT2D eigenvalue weighted by Crippen LogP contribution is 2.32. The molecule has 1 aromatic heterocycles. The van der Waals surface area contributed by atoms with Crippen LogP contribution in [0.25, 0.3) is 16.6 Å². The number of rotatable bonds is 1. The van der Waals surface area contributed by atoms with E-state index < -0.39 is 0 Å². The molecule has 0 radical (unpaired) electrons. The fraction of sp³-hybridized carbons (Fsp3) is 0.125. The number of hydrogen-bond acceptors (Lipinski definition) is 0. The molecule has 1 nitrogen and oxygen atoms in total. The second-order valence-electron chi connectivity index (χ2n) is 4.66. The normalized spacial score (nSPS) is 11.2. The number of nitrogens with zero attached hydrogens (tertiary/aromatic N) is 1. The van der Waals surface area contributed by atoms with Crippen molar-refractivity contribution in [3.63, 3.8) is 0 Å². The molecule has 2 aromatic carbocycles. The first kappa shape index (κ1) is 12.8. The van der Waals surface area contributed by atoms with E-state index in [1.54, 1.807) is 0 Å². The maximum atomic E-state index is 6.39. The van der Waals surface area contributed by atoms with E-state index in [0.29, 0.717) is 0 Å². The molecule has 0 saturated carbocycles. The van der Waals surface area contributed by atoms with E-state index in [1.807, 2.05) is 18.2 Å². The van der Waals surface area contributed by atoms with Crippen LogP contribution in [0.5, 0.6) is 0 Å². The summed E-state index contributed by atoms with van der Waals surface area (Å²) in [5.74, 6) is 0. The van der Waals surface area contributed by atoms with Crippen molar-refractivity contribution in [3.8, 4) is 5.69 Å². The van der Waals surface area contributed by atoms with Crippen LogP contribution in [0.1, 0.15) is 11.3 Å². The predicted octanol–water partition coefficient (Wildman–Crippen LogP) is 5.66. The molecule has 3 aromatic rings. The Hall–Kier alpha value is -1.25. The summed E-state index contributed by atoms with van der Waals surface area (Å²) >= 11 is 9.84. The lowest BCUT2D eigenvalue weighted by molar-refractivity contribution is 1.04. The summed E-state index contributed by atoms with van der Waals surface area (Å²) in [6.07, 6.45) is 0. The minimum absolute atomic E-state index is 0.748. The van der Waals surface area contributed by atoms with E-state index in [4.69, 9.17) is 11.6 Å². The molecule has 0 bridgehead atoms. The SMILES string of the molecule is Cc1c(C)n(-c2ccc(Br)cc2Cl)c2ccccc12. The van der Waals surface area contributed by atoms with Gasteiger partial charge in [-0.2, -0.15) is 0 Å². The molecular weight excluding hydrogens is 322 g/mol. The Morgan fingerprint density at radius 1 is 1.05 bits per heavy atom. The van der Waals surface area contributed by atoms with Gasteiger partial charge in [-0.25, -0.2) is 0 Å². The van der Waals surface area contributed by atoms with Gasteiger partial charge in [0, 0.05) is 15.6 Å². The van der Waals surface area contributed by atoms with Gasteiger partial charge in [0.25, 0.3) is 0 Å². The summed E-state index contributed by atoms with van der Waals surface area (Å²) in [6.45, 7) is 4.29. The molecule has 1 heterocycles. The van der Waals surface area contributed by atoms with Crippen LogP contribution < -0.4 is 0 Å². The molecule has 3 heteroatoms. The number of hydrogen-bond donors (Lipinski definition) is 0. The fourth-order valence-electron chi connectivity index (χ4n) is 2.50. The molecule has 0 saturated heterocycles. The van der Waals surface area contributed by atoms with Crippen LogP contribution in [0.3, 0.4) is 0 Å². The van der Waals surface area contributed by atoms with Gasteiger partial charge >= 0.3 is 0 Å². The lowest BCUT2D eigenvalue weighted by Gasteiger charge is -2.11. The van der Waals surface area contributed by atoms with Crippen molar-refractivity contribution in [2.45, 2.75) is 13.8 Å². The molecule has 19 heavy (non-hydrogen) atoms. The third kappa shape index (κ3) is 1.99. The quantitative estimate of drug-likeness (QED) is 0.541. The Morgan fingerprint density at radius 2 is 1.79 bits per heavy atom. The number of fused-ring (bicyclic) bond motifs is 1. The zero-order valence-corrected chi connectivity index (χ0v) is 13.1. The van der Waals surface area contributed by atoms with Gasteiger partial charge in [0.2, 0.25) is 0 Å². The Labute approximate surface area is 125 Å². The lowest BCUT2D eigenvalue weighted by atomic mass is 10.2. The van der Waals surface area contributed by atoms with E-state index in [2.05, 4.69) is 58.6 Å². The van der Waals surface area contributed by atoms with Gasteiger partial charge in [-0.1, -0.05) is 45.7 Å². The van der Waals surface area contributed by atoms with Gasteiger partial charge in [0.1, 0.15) is 0 Å². The van der Waals surface area contributed by atoms with Gasteiger partial charge in [0.15, 0.2) is 0 Å². The van der Waals surface area contributed by atoms with Crippen LogP contribution in [-0.2, 0) is 0 Å². The topological polar surface area (TPSA) is 4.93 Å². The zero-order valence-electron chi connectivity index (χ0n) is 10.7. The van der Waals surface area contributed by atoms with E-state index in [0.717, 1.165) is 15.2 Å². The Balaban J connectivity index is 2.39. The first-order valence-electron chi connectivity index (χ1n) is 6.11. The van der Waals surface area contributed by atoms with Crippen molar-refractivity contribution in [3.05, 3.63) is 63.2 Å². The number of halogens is 2. The van der Waals surface area contributed by atoms with Crippen LogP contribution in [0.2, 0.25) is 5.02 Å². The molecule has 96 valence electrons. The zero-order chi connectivity index (χ0) is 13.6. The molecule has 0 unspecified atom stereocenters. The Morgan fingerprint density at radius 3 is 2.53 bits per heavy atom. The summed E-state index contributed by atoms with van der Waals surface area (Å²) in [4.78, 5) is 0. The molecule has 0 fully saturated rings. The number of para-hydroxylation sites is 1. The molecule has 0 aliphatic heterocycles. The van der Waals surface area contributed by atoms with Crippen molar-refractivity contribution >= 4 is 38.4 Å². The van der Waals surface area contributed by atoms with Crippen LogP contribution in [-0.4, -0.2) is 4.57 Å². The maximum absolute atomic E-state index is 6.39. The van der Waals surface area contributed by atoms with Crippen molar-refractivity contribution < 1.29 is 0 Å². The minimum Gasteiger partial charge on any atom is -0.312 e. The highest BCUT2D eigenvalue weighted by molar-refractivity contribution is 9.10. The second-order valence-corrected chi connectivity index (χ2v) is 5.98. The number of benzene rings is 2. The summed E-state index contributed by atoms with van der Waals surface area (Å²) in [5.41, 5.74) is 4.74. The smallest absolute Gasteiger partial charge is 0.0657 e. The standard InChI is InChI=1S/C16H13BrClN/c1-10-11(2)19(15-6-4-3-5-13(10)15)16-8-7-12(17)9-14(16)18/h3-9H,1-2H3. The summed E-state index contributed by atoms with van der Waals surface area (Å²) in [5, 5.41) is 2.03. The van der Waals surface area contributed by atoms with Crippen LogP contribution in [0.15, 0.2) is 46.9 Å². The third-order valence-electron chi connectivity index (χ3n) is 3.58. The Kier molecular flexibility index (Phi) is 3.15. The molecule has 0 atom stereocenters. The summed E-state index contributed by atoms with van der Waals surface area (Å²) in [6, 6.07) is 14.4. The largest absolute Gasteiger partial charge is 0.312 e. The highest BCUT2D eigenvalue weighted by atomic mass is 79.9. The minimum atomic E-state index is 0.748. The third-order valence-corrected chi connectivity index (χ3v) is 4.37. The highest BCUT2D eigenvalue weighted by Gasteiger charge is 2.13. The molecule has 0 aliphatic rings. The number of aryl methyl sites for hydroxylation is 1. The summed E-state index contributed by atoms with van der Waals surface area (Å²) < 4.78 is 3.21. The predicted molar refractivity (Wildman–Crippen MR) is 85.5 cm³/mol. The molecular formula is C16H13BrClN. The lowest BCUT2D eigenvalue weighted by Crippen LogP contribution is -1.97. The van der Waals surface area contributed by atoms with E-state index in [9.17, 15) is 0 Å². The van der Waals surface area contributed by atoms with Crippen molar-refractivity contribution in [2.75, 3.05) is 0 Å². The van der Waals surface area contributed by atoms with Crippen molar-refractivity contribution in [1.29, 1.82) is 0 Å². The van der Waals surface area contributed by atoms with Gasteiger partial charge < -0.3 is 4.57 Å². The second kappa shape index (κ2) is 4.69. The van der Waals surface area contributed by atoms with E-state index >= 15 is 0 Å². The average molecular weight is 335 g/mol. The van der Waals surface area contributed by atoms with E-state index in [-0.39, 0.29) is 0 Å². The van der Waals surface area contributed by atoms with Crippen LogP contribution in [0.4, 0.5) is 0 Å². The van der Waals surface area contributed by atoms with Crippen LogP contribution >= 0.6 is 27.5 Å². The molecule has 0 amide bonds. The monoisotopic (exact) mass is 333 g/mol. The first-order chi connectivity index (χ1) is 9.09. The van der Waals surface area contributed by atoms with Crippen LogP contribution in [0, 0.1) is 13.8 Å². The first-order valence-corrected chi connectivity index (χ1v) is 7.29. The van der Waals surface area contributed by atoms with Gasteiger partial charge in [-0.05, 0) is 43.7 Å². The maximum Gasteiger partial charge on any atom is 0.0657 e. The molecule has 0 spiro atoms. The average Bonchev–Trinajstić information content (AvgIpc) is 2.64. The summed E-state index contributed by atoms with van der Waals surface area (Å²) in [7, 11) is 0. The molecule has 0 aliphatic carbocycles. The van der Waals surface area contributed by atoms with Gasteiger partial charge in [-0.3, -0.25) is 0 Å². The van der Waals surface area contributed by atoms with Crippen molar-refractivity contribution in [1.82, 2.24) is 4.57 Å². The van der Waals surface area contributed by atoms with Crippen molar-refractivity contribution in [2.24, 2.45) is 0 Å². The molecule has 3 rings (SSSR count). The fourth-order valence-corrected chi connectivity index (χ4v) is 3.26. The van der Waals surface area contributed by atoms with E-state index in [1.165, 1.54) is 22.2 Å².